The number of hydrogen-bond acceptors (Lipinski definition) is 2. The predicted molar refractivity (Wildman–Crippen MR) is 90.3 cm³/mol. The van der Waals surface area contributed by atoms with Gasteiger partial charge in [-0.3, -0.25) is 4.90 Å². The van der Waals surface area contributed by atoms with Gasteiger partial charge in [0.1, 0.15) is 0 Å². The molecule has 1 heterocycles. The summed E-state index contributed by atoms with van der Waals surface area (Å²) in [5, 5.41) is 4.52. The molecular weight excluding hydrogens is 336 g/mol. The second-order valence-electron chi connectivity index (χ2n) is 6.11. The summed E-state index contributed by atoms with van der Waals surface area (Å²) in [5.41, 5.74) is 1.21. The molecule has 20 heavy (non-hydrogen) atoms. The summed E-state index contributed by atoms with van der Waals surface area (Å²) in [6, 6.07) is 7.33. The van der Waals surface area contributed by atoms with Gasteiger partial charge in [-0.2, -0.15) is 0 Å². The largest absolute Gasteiger partial charge is 0.312 e. The van der Waals surface area contributed by atoms with Crippen LogP contribution >= 0.6 is 27.5 Å². The lowest BCUT2D eigenvalue weighted by Crippen LogP contribution is -2.42. The molecule has 0 spiro atoms. The van der Waals surface area contributed by atoms with Gasteiger partial charge in [-0.1, -0.05) is 47.4 Å². The van der Waals surface area contributed by atoms with Crippen LogP contribution in [0.2, 0.25) is 5.02 Å². The lowest BCUT2D eigenvalue weighted by molar-refractivity contribution is 0.184. The van der Waals surface area contributed by atoms with Crippen LogP contribution in [0.25, 0.3) is 0 Å². The number of hydrogen-bond donors (Lipinski definition) is 1. The van der Waals surface area contributed by atoms with E-state index in [4.69, 9.17) is 11.6 Å². The molecule has 2 atom stereocenters. The standard InChI is InChI=1S/C16H24BrClN2/c1-11(2)16-10-20(12(3)6-7-19-16)9-13-4-5-14(17)8-15(13)18/h4-5,8,11-12,16,19H,6-7,9-10H2,1-3H3. The molecule has 1 aromatic carbocycles. The van der Waals surface area contributed by atoms with Gasteiger partial charge in [-0.05, 0) is 43.5 Å². The van der Waals surface area contributed by atoms with E-state index in [1.165, 1.54) is 12.0 Å². The topological polar surface area (TPSA) is 15.3 Å². The van der Waals surface area contributed by atoms with E-state index in [0.29, 0.717) is 18.0 Å². The predicted octanol–water partition coefficient (Wildman–Crippen LogP) is 4.31. The second kappa shape index (κ2) is 7.26. The third-order valence-corrected chi connectivity index (χ3v) is 5.06. The molecule has 0 aliphatic carbocycles. The number of rotatable bonds is 3. The second-order valence-corrected chi connectivity index (χ2v) is 7.43. The SMILES string of the molecule is CC(C)C1CN(Cc2ccc(Br)cc2Cl)C(C)CCN1. The molecule has 1 fully saturated rings. The molecule has 0 aromatic heterocycles. The Bertz CT molecular complexity index is 450. The maximum atomic E-state index is 6.36. The molecule has 0 bridgehead atoms. The van der Waals surface area contributed by atoms with Gasteiger partial charge in [0, 0.05) is 34.7 Å². The quantitative estimate of drug-likeness (QED) is 0.865. The zero-order valence-electron chi connectivity index (χ0n) is 12.5. The van der Waals surface area contributed by atoms with Gasteiger partial charge < -0.3 is 5.32 Å². The zero-order valence-corrected chi connectivity index (χ0v) is 14.8. The summed E-state index contributed by atoms with van der Waals surface area (Å²) in [4.78, 5) is 2.56. The summed E-state index contributed by atoms with van der Waals surface area (Å²) in [7, 11) is 0. The van der Waals surface area contributed by atoms with Crippen molar-refractivity contribution < 1.29 is 0 Å². The Labute approximate surface area is 136 Å². The number of halogens is 2. The van der Waals surface area contributed by atoms with Gasteiger partial charge >= 0.3 is 0 Å². The Morgan fingerprint density at radius 3 is 2.85 bits per heavy atom. The molecular formula is C16H24BrClN2. The Balaban J connectivity index is 2.12. The van der Waals surface area contributed by atoms with Crippen LogP contribution in [0.15, 0.2) is 22.7 Å². The Morgan fingerprint density at radius 1 is 1.45 bits per heavy atom. The molecule has 1 aliphatic heterocycles. The van der Waals surface area contributed by atoms with Crippen LogP contribution < -0.4 is 5.32 Å². The maximum absolute atomic E-state index is 6.36. The first-order valence-corrected chi connectivity index (χ1v) is 8.56. The van der Waals surface area contributed by atoms with Crippen molar-refractivity contribution in [1.29, 1.82) is 0 Å². The van der Waals surface area contributed by atoms with Crippen molar-refractivity contribution in [2.45, 2.75) is 45.8 Å². The van der Waals surface area contributed by atoms with Crippen molar-refractivity contribution in [3.8, 4) is 0 Å². The van der Waals surface area contributed by atoms with Crippen molar-refractivity contribution in [3.05, 3.63) is 33.3 Å². The average Bonchev–Trinajstić information content (AvgIpc) is 2.55. The van der Waals surface area contributed by atoms with E-state index >= 15 is 0 Å². The van der Waals surface area contributed by atoms with Gasteiger partial charge in [0.15, 0.2) is 0 Å². The molecule has 0 amide bonds. The van der Waals surface area contributed by atoms with Crippen LogP contribution in [0.3, 0.4) is 0 Å². The van der Waals surface area contributed by atoms with Gasteiger partial charge in [0.25, 0.3) is 0 Å². The molecule has 2 rings (SSSR count). The first-order valence-electron chi connectivity index (χ1n) is 7.38. The van der Waals surface area contributed by atoms with Crippen LogP contribution in [0.1, 0.15) is 32.8 Å². The molecule has 1 aliphatic rings. The normalized spacial score (nSPS) is 24.9. The Hall–Kier alpha value is -0.0900. The summed E-state index contributed by atoms with van der Waals surface area (Å²) < 4.78 is 1.04. The van der Waals surface area contributed by atoms with Gasteiger partial charge in [0.05, 0.1) is 0 Å². The van der Waals surface area contributed by atoms with Crippen LogP contribution in [0, 0.1) is 5.92 Å². The Kier molecular flexibility index (Phi) is 5.91. The first kappa shape index (κ1) is 16.3. The third kappa shape index (κ3) is 4.20. The highest BCUT2D eigenvalue weighted by Gasteiger charge is 2.25. The molecule has 1 saturated heterocycles. The van der Waals surface area contributed by atoms with Gasteiger partial charge in [-0.25, -0.2) is 0 Å². The van der Waals surface area contributed by atoms with E-state index in [9.17, 15) is 0 Å². The lowest BCUT2D eigenvalue weighted by atomic mass is 10.0. The van der Waals surface area contributed by atoms with Crippen LogP contribution in [-0.4, -0.2) is 30.1 Å². The van der Waals surface area contributed by atoms with E-state index in [0.717, 1.165) is 29.1 Å². The number of nitrogens with zero attached hydrogens (tertiary/aromatic N) is 1. The molecule has 4 heteroatoms. The fourth-order valence-electron chi connectivity index (χ4n) is 2.69. The first-order chi connectivity index (χ1) is 9.47. The van der Waals surface area contributed by atoms with E-state index in [1.54, 1.807) is 0 Å². The van der Waals surface area contributed by atoms with Gasteiger partial charge in [-0.15, -0.1) is 0 Å². The molecule has 0 saturated carbocycles. The van der Waals surface area contributed by atoms with E-state index in [1.807, 2.05) is 6.07 Å². The van der Waals surface area contributed by atoms with E-state index in [-0.39, 0.29) is 0 Å². The average molecular weight is 360 g/mol. The highest BCUT2D eigenvalue weighted by atomic mass is 79.9. The van der Waals surface area contributed by atoms with Crippen molar-refractivity contribution in [3.63, 3.8) is 0 Å². The molecule has 1 N–H and O–H groups in total. The van der Waals surface area contributed by atoms with Crippen molar-refractivity contribution in [2.75, 3.05) is 13.1 Å². The maximum Gasteiger partial charge on any atom is 0.0462 e. The lowest BCUT2D eigenvalue weighted by Gasteiger charge is -2.30. The van der Waals surface area contributed by atoms with Crippen molar-refractivity contribution in [1.82, 2.24) is 10.2 Å². The highest BCUT2D eigenvalue weighted by molar-refractivity contribution is 9.10. The summed E-state index contributed by atoms with van der Waals surface area (Å²) in [6.07, 6.45) is 1.19. The smallest absolute Gasteiger partial charge is 0.0462 e. The van der Waals surface area contributed by atoms with Crippen molar-refractivity contribution >= 4 is 27.5 Å². The summed E-state index contributed by atoms with van der Waals surface area (Å²) in [6.45, 7) is 10.0. The molecule has 2 unspecified atom stereocenters. The third-order valence-electron chi connectivity index (χ3n) is 4.22. The van der Waals surface area contributed by atoms with Crippen LogP contribution in [0.4, 0.5) is 0 Å². The van der Waals surface area contributed by atoms with Crippen LogP contribution in [-0.2, 0) is 6.54 Å². The summed E-state index contributed by atoms with van der Waals surface area (Å²) >= 11 is 9.83. The molecule has 112 valence electrons. The fraction of sp³-hybridized carbons (Fsp3) is 0.625. The van der Waals surface area contributed by atoms with E-state index in [2.05, 4.69) is 59.1 Å². The highest BCUT2D eigenvalue weighted by Crippen LogP contribution is 2.24. The molecule has 0 radical (unpaired) electrons. The van der Waals surface area contributed by atoms with E-state index < -0.39 is 0 Å². The van der Waals surface area contributed by atoms with Crippen LogP contribution in [0.5, 0.6) is 0 Å². The van der Waals surface area contributed by atoms with Gasteiger partial charge in [0.2, 0.25) is 0 Å². The monoisotopic (exact) mass is 358 g/mol. The minimum atomic E-state index is 0.564. The zero-order chi connectivity index (χ0) is 14.7. The minimum absolute atomic E-state index is 0.564. The minimum Gasteiger partial charge on any atom is -0.312 e. The summed E-state index contributed by atoms with van der Waals surface area (Å²) in [5.74, 6) is 0.656. The number of nitrogens with one attached hydrogen (secondary N) is 1. The molecule has 1 aromatic rings. The molecule has 2 nitrogen and oxygen atoms in total. The fourth-order valence-corrected chi connectivity index (χ4v) is 3.43. The number of benzene rings is 1. The Morgan fingerprint density at radius 2 is 2.20 bits per heavy atom. The van der Waals surface area contributed by atoms with Crippen molar-refractivity contribution in [2.24, 2.45) is 5.92 Å².